The summed E-state index contributed by atoms with van der Waals surface area (Å²) in [6, 6.07) is 23.1. The molecule has 6 nitrogen and oxygen atoms in total. The van der Waals surface area contributed by atoms with Crippen LogP contribution in [0.3, 0.4) is 0 Å². The number of para-hydroxylation sites is 1. The fraction of sp³-hybridized carbons (Fsp3) is 0.0833. The molecule has 0 spiro atoms. The van der Waals surface area contributed by atoms with Crippen molar-refractivity contribution in [3.05, 3.63) is 83.4 Å². The summed E-state index contributed by atoms with van der Waals surface area (Å²) in [5.41, 5.74) is 10.3. The lowest BCUT2D eigenvalue weighted by atomic mass is 10.2. The summed E-state index contributed by atoms with van der Waals surface area (Å²) in [7, 11) is 1.97. The molecule has 154 valence electrons. The van der Waals surface area contributed by atoms with Gasteiger partial charge in [0.05, 0.1) is 21.6 Å². The van der Waals surface area contributed by atoms with E-state index in [0.717, 1.165) is 39.1 Å². The Balaban J connectivity index is 1.28. The van der Waals surface area contributed by atoms with Gasteiger partial charge in [-0.25, -0.2) is 9.97 Å². The average Bonchev–Trinajstić information content (AvgIpc) is 3.09. The Morgan fingerprint density at radius 3 is 2.68 bits per heavy atom. The molecule has 0 saturated carbocycles. The monoisotopic (exact) mass is 429 g/mol. The van der Waals surface area contributed by atoms with E-state index in [-0.39, 0.29) is 0 Å². The van der Waals surface area contributed by atoms with Gasteiger partial charge in [-0.3, -0.25) is 0 Å². The zero-order valence-electron chi connectivity index (χ0n) is 16.8. The summed E-state index contributed by atoms with van der Waals surface area (Å²) >= 11 is 6.24. The molecule has 7 heteroatoms. The van der Waals surface area contributed by atoms with E-state index < -0.39 is 0 Å². The number of benzene rings is 3. The minimum Gasteiger partial charge on any atom is -0.439 e. The van der Waals surface area contributed by atoms with Crippen molar-refractivity contribution in [3.8, 4) is 11.6 Å². The third-order valence-corrected chi connectivity index (χ3v) is 5.45. The molecule has 31 heavy (non-hydrogen) atoms. The molecule has 0 saturated heterocycles. The molecule has 0 radical (unpaired) electrons. The van der Waals surface area contributed by atoms with Crippen LogP contribution in [0.4, 0.5) is 11.6 Å². The highest BCUT2D eigenvalue weighted by atomic mass is 35.5. The van der Waals surface area contributed by atoms with Gasteiger partial charge in [0, 0.05) is 30.7 Å². The molecule has 0 amide bonds. The highest BCUT2D eigenvalue weighted by Crippen LogP contribution is 2.27. The van der Waals surface area contributed by atoms with Gasteiger partial charge in [0.2, 0.25) is 11.8 Å². The molecule has 5 aromatic rings. The van der Waals surface area contributed by atoms with Crippen LogP contribution in [0.5, 0.6) is 11.6 Å². The van der Waals surface area contributed by atoms with Crippen LogP contribution >= 0.6 is 11.6 Å². The Morgan fingerprint density at radius 1 is 1.00 bits per heavy atom. The first-order valence-corrected chi connectivity index (χ1v) is 10.2. The van der Waals surface area contributed by atoms with Crippen molar-refractivity contribution in [2.45, 2.75) is 6.54 Å². The molecular formula is C24H20ClN5O. The lowest BCUT2D eigenvalue weighted by Gasteiger charge is -2.09. The third-order valence-electron chi connectivity index (χ3n) is 5.15. The zero-order valence-corrected chi connectivity index (χ0v) is 17.6. The summed E-state index contributed by atoms with van der Waals surface area (Å²) in [6.45, 7) is 0.636. The minimum atomic E-state index is 0.505. The largest absolute Gasteiger partial charge is 0.439 e. The van der Waals surface area contributed by atoms with Gasteiger partial charge < -0.3 is 20.4 Å². The van der Waals surface area contributed by atoms with Crippen LogP contribution < -0.4 is 15.8 Å². The fourth-order valence-corrected chi connectivity index (χ4v) is 3.72. The Kier molecular flexibility index (Phi) is 4.84. The molecule has 0 unspecified atom stereocenters. The van der Waals surface area contributed by atoms with Gasteiger partial charge in [0.15, 0.2) is 0 Å². The second kappa shape index (κ2) is 7.81. The first-order chi connectivity index (χ1) is 15.1. The van der Waals surface area contributed by atoms with Crippen molar-refractivity contribution < 1.29 is 4.74 Å². The first kappa shape index (κ1) is 19.2. The molecule has 0 aliphatic rings. The highest BCUT2D eigenvalue weighted by molar-refractivity contribution is 6.35. The maximum absolute atomic E-state index is 6.24. The van der Waals surface area contributed by atoms with Crippen LogP contribution in [-0.2, 0) is 13.6 Å². The van der Waals surface area contributed by atoms with Gasteiger partial charge in [0.1, 0.15) is 5.75 Å². The first-order valence-electron chi connectivity index (χ1n) is 9.85. The van der Waals surface area contributed by atoms with Crippen molar-refractivity contribution in [1.29, 1.82) is 0 Å². The molecule has 0 aliphatic carbocycles. The normalized spacial score (nSPS) is 11.2. The summed E-state index contributed by atoms with van der Waals surface area (Å²) < 4.78 is 7.91. The van der Waals surface area contributed by atoms with Crippen molar-refractivity contribution in [2.75, 3.05) is 11.1 Å². The molecule has 0 bridgehead atoms. The van der Waals surface area contributed by atoms with Crippen LogP contribution in [0, 0.1) is 0 Å². The minimum absolute atomic E-state index is 0.505. The van der Waals surface area contributed by atoms with Gasteiger partial charge in [0.25, 0.3) is 0 Å². The van der Waals surface area contributed by atoms with E-state index >= 15 is 0 Å². The summed E-state index contributed by atoms with van der Waals surface area (Å²) in [5.74, 6) is 2.00. The van der Waals surface area contributed by atoms with E-state index in [4.69, 9.17) is 22.1 Å². The van der Waals surface area contributed by atoms with Crippen LogP contribution in [0.25, 0.3) is 21.9 Å². The van der Waals surface area contributed by atoms with Gasteiger partial charge in [-0.2, -0.15) is 0 Å². The van der Waals surface area contributed by atoms with E-state index in [2.05, 4.69) is 15.3 Å². The predicted octanol–water partition coefficient (Wildman–Crippen LogP) is 5.76. The van der Waals surface area contributed by atoms with Crippen LogP contribution in [0.1, 0.15) is 5.56 Å². The van der Waals surface area contributed by atoms with E-state index in [0.29, 0.717) is 23.2 Å². The number of nitrogens with one attached hydrogen (secondary N) is 1. The summed E-state index contributed by atoms with van der Waals surface area (Å²) in [5, 5.41) is 4.96. The predicted molar refractivity (Wildman–Crippen MR) is 126 cm³/mol. The molecule has 3 aromatic carbocycles. The fourth-order valence-electron chi connectivity index (χ4n) is 3.49. The number of pyridine rings is 1. The lowest BCUT2D eigenvalue weighted by Crippen LogP contribution is -2.04. The number of aryl methyl sites for hydroxylation is 1. The number of nitrogen functional groups attached to an aromatic ring is 1. The summed E-state index contributed by atoms with van der Waals surface area (Å²) in [4.78, 5) is 9.14. The highest BCUT2D eigenvalue weighted by Gasteiger charge is 2.08. The number of imidazole rings is 1. The number of ether oxygens (including phenoxy) is 1. The Hall–Kier alpha value is -3.77. The van der Waals surface area contributed by atoms with E-state index in [1.807, 2.05) is 84.4 Å². The standard InChI is InChI=1S/C24H20ClN5O/c1-30-21-13-17(26)8-11-20(21)28-24(30)27-14-15-5-9-18(10-6-15)31-22-12-7-16-3-2-4-19(25)23(16)29-22/h2-13H,14,26H2,1H3,(H,27,28). The maximum Gasteiger partial charge on any atom is 0.219 e. The maximum atomic E-state index is 6.24. The SMILES string of the molecule is Cn1c(NCc2ccc(Oc3ccc4cccc(Cl)c4n3)cc2)nc2ccc(N)cc21. The second-order valence-corrected chi connectivity index (χ2v) is 7.71. The third kappa shape index (κ3) is 3.85. The molecule has 5 rings (SSSR count). The number of nitrogens with zero attached hydrogens (tertiary/aromatic N) is 3. The Bertz CT molecular complexity index is 1400. The number of rotatable bonds is 5. The zero-order chi connectivity index (χ0) is 21.4. The van der Waals surface area contributed by atoms with Gasteiger partial charge in [-0.1, -0.05) is 35.9 Å². The second-order valence-electron chi connectivity index (χ2n) is 7.30. The topological polar surface area (TPSA) is 78.0 Å². The van der Waals surface area contributed by atoms with Gasteiger partial charge >= 0.3 is 0 Å². The van der Waals surface area contributed by atoms with Gasteiger partial charge in [-0.05, 0) is 48.0 Å². The number of nitrogens with two attached hydrogens (primary N) is 1. The quantitative estimate of drug-likeness (QED) is 0.347. The van der Waals surface area contributed by atoms with Crippen LogP contribution in [-0.4, -0.2) is 14.5 Å². The number of hydrogen-bond acceptors (Lipinski definition) is 5. The number of hydrogen-bond donors (Lipinski definition) is 2. The Labute approximate surface area is 184 Å². The molecule has 2 aromatic heterocycles. The van der Waals surface area contributed by atoms with Crippen molar-refractivity contribution in [1.82, 2.24) is 14.5 Å². The van der Waals surface area contributed by atoms with E-state index in [1.54, 1.807) is 0 Å². The molecule has 0 aliphatic heterocycles. The number of fused-ring (bicyclic) bond motifs is 2. The van der Waals surface area contributed by atoms with Gasteiger partial charge in [-0.15, -0.1) is 0 Å². The number of aromatic nitrogens is 3. The molecule has 3 N–H and O–H groups in total. The van der Waals surface area contributed by atoms with E-state index in [9.17, 15) is 0 Å². The molecule has 0 atom stereocenters. The van der Waals surface area contributed by atoms with Crippen molar-refractivity contribution in [3.63, 3.8) is 0 Å². The van der Waals surface area contributed by atoms with Crippen molar-refractivity contribution >= 4 is 45.2 Å². The number of halogens is 1. The number of anilines is 2. The molecular weight excluding hydrogens is 410 g/mol. The molecule has 2 heterocycles. The Morgan fingerprint density at radius 2 is 1.84 bits per heavy atom. The smallest absolute Gasteiger partial charge is 0.219 e. The van der Waals surface area contributed by atoms with Crippen molar-refractivity contribution in [2.24, 2.45) is 7.05 Å². The van der Waals surface area contributed by atoms with Crippen LogP contribution in [0.2, 0.25) is 5.02 Å². The van der Waals surface area contributed by atoms with E-state index in [1.165, 1.54) is 0 Å². The summed E-state index contributed by atoms with van der Waals surface area (Å²) in [6.07, 6.45) is 0. The molecule has 0 fully saturated rings. The lowest BCUT2D eigenvalue weighted by molar-refractivity contribution is 0.465. The average molecular weight is 430 g/mol. The van der Waals surface area contributed by atoms with Crippen LogP contribution in [0.15, 0.2) is 72.8 Å².